The third kappa shape index (κ3) is 1.45. The van der Waals surface area contributed by atoms with Crippen molar-refractivity contribution in [3.8, 4) is 0 Å². The standard InChI is InChI=1S/C16H25NO3/c1-9-7-10-13-12(18)4-6-17-5-2-3-11(15(20)14(10)19)16(13,17)8-9/h9-14,18-19H,2-8H2,1H3/t9-,10-,11-,12+,13+,14+,16+/m1/s1. The number of carbonyl (C=O) groups excluding carboxylic acids is 1. The quantitative estimate of drug-likeness (QED) is 0.689. The highest BCUT2D eigenvalue weighted by Gasteiger charge is 2.67. The van der Waals surface area contributed by atoms with Gasteiger partial charge in [0.15, 0.2) is 5.78 Å². The van der Waals surface area contributed by atoms with Crippen molar-refractivity contribution in [3.05, 3.63) is 0 Å². The minimum absolute atomic E-state index is 0.0293. The van der Waals surface area contributed by atoms with E-state index in [0.717, 1.165) is 45.2 Å². The lowest BCUT2D eigenvalue weighted by Gasteiger charge is -2.67. The molecule has 0 aromatic rings. The summed E-state index contributed by atoms with van der Waals surface area (Å²) in [5, 5.41) is 21.1. The molecule has 2 saturated heterocycles. The van der Waals surface area contributed by atoms with Crippen LogP contribution < -0.4 is 0 Å². The van der Waals surface area contributed by atoms with Gasteiger partial charge in [-0.3, -0.25) is 9.69 Å². The number of hydrogen-bond donors (Lipinski definition) is 2. The molecule has 0 aromatic heterocycles. The van der Waals surface area contributed by atoms with E-state index in [1.807, 2.05) is 0 Å². The van der Waals surface area contributed by atoms with E-state index in [2.05, 4.69) is 11.8 Å². The Balaban J connectivity index is 1.87. The lowest BCUT2D eigenvalue weighted by atomic mass is 9.47. The Morgan fingerprint density at radius 2 is 2.05 bits per heavy atom. The van der Waals surface area contributed by atoms with E-state index in [0.29, 0.717) is 5.92 Å². The topological polar surface area (TPSA) is 60.8 Å². The number of rotatable bonds is 0. The van der Waals surface area contributed by atoms with Gasteiger partial charge in [0, 0.05) is 23.9 Å². The molecule has 4 rings (SSSR count). The molecule has 2 aliphatic carbocycles. The summed E-state index contributed by atoms with van der Waals surface area (Å²) in [5.41, 5.74) is -0.144. The normalized spacial score (nSPS) is 55.5. The predicted octanol–water partition coefficient (Wildman–Crippen LogP) is 0.808. The van der Waals surface area contributed by atoms with Gasteiger partial charge in [-0.1, -0.05) is 6.92 Å². The van der Waals surface area contributed by atoms with E-state index in [1.54, 1.807) is 0 Å². The maximum Gasteiger partial charge on any atom is 0.166 e. The van der Waals surface area contributed by atoms with E-state index >= 15 is 0 Å². The Labute approximate surface area is 120 Å². The Hall–Kier alpha value is -0.450. The average Bonchev–Trinajstić information content (AvgIpc) is 2.42. The molecular weight excluding hydrogens is 254 g/mol. The third-order valence-corrected chi connectivity index (χ3v) is 6.65. The maximum absolute atomic E-state index is 12.7. The predicted molar refractivity (Wildman–Crippen MR) is 74.0 cm³/mol. The number of ketones is 1. The molecule has 0 aromatic carbocycles. The second-order valence-corrected chi connectivity index (χ2v) is 7.61. The van der Waals surface area contributed by atoms with Crippen LogP contribution in [0, 0.1) is 23.7 Å². The largest absolute Gasteiger partial charge is 0.393 e. The van der Waals surface area contributed by atoms with Gasteiger partial charge in [0.05, 0.1) is 6.10 Å². The number of Topliss-reactive ketones (excluding diaryl/α,β-unsaturated/α-hetero) is 1. The van der Waals surface area contributed by atoms with E-state index in [-0.39, 0.29) is 35.2 Å². The molecule has 2 bridgehead atoms. The van der Waals surface area contributed by atoms with Crippen LogP contribution in [-0.2, 0) is 4.79 Å². The van der Waals surface area contributed by atoms with Crippen LogP contribution in [0.25, 0.3) is 0 Å². The van der Waals surface area contributed by atoms with Gasteiger partial charge in [0.2, 0.25) is 0 Å². The molecule has 2 aliphatic heterocycles. The maximum atomic E-state index is 12.7. The minimum Gasteiger partial charge on any atom is -0.393 e. The van der Waals surface area contributed by atoms with E-state index < -0.39 is 6.10 Å². The fourth-order valence-electron chi connectivity index (χ4n) is 6.18. The number of carbonyl (C=O) groups is 1. The van der Waals surface area contributed by atoms with Gasteiger partial charge in [-0.25, -0.2) is 0 Å². The number of aliphatic hydroxyl groups is 2. The number of nitrogens with zero attached hydrogens (tertiary/aromatic N) is 1. The molecule has 0 radical (unpaired) electrons. The highest BCUT2D eigenvalue weighted by Crippen LogP contribution is 2.59. The lowest BCUT2D eigenvalue weighted by molar-refractivity contribution is -0.216. The second kappa shape index (κ2) is 4.28. The van der Waals surface area contributed by atoms with Crippen LogP contribution in [0.5, 0.6) is 0 Å². The molecule has 20 heavy (non-hydrogen) atoms. The Morgan fingerprint density at radius 1 is 1.25 bits per heavy atom. The van der Waals surface area contributed by atoms with Gasteiger partial charge in [-0.05, 0) is 50.5 Å². The minimum atomic E-state index is -0.839. The molecule has 4 heteroatoms. The van der Waals surface area contributed by atoms with E-state index in [1.165, 1.54) is 0 Å². The lowest BCUT2D eigenvalue weighted by Crippen LogP contribution is -2.76. The van der Waals surface area contributed by atoms with Crippen molar-refractivity contribution < 1.29 is 15.0 Å². The van der Waals surface area contributed by atoms with Crippen LogP contribution >= 0.6 is 0 Å². The van der Waals surface area contributed by atoms with Crippen LogP contribution in [0.2, 0.25) is 0 Å². The molecule has 1 spiro atoms. The van der Waals surface area contributed by atoms with E-state index in [4.69, 9.17) is 0 Å². The Kier molecular flexibility index (Phi) is 2.83. The fourth-order valence-corrected chi connectivity index (χ4v) is 6.18. The molecule has 4 fully saturated rings. The smallest absolute Gasteiger partial charge is 0.166 e. The van der Waals surface area contributed by atoms with E-state index in [9.17, 15) is 15.0 Å². The van der Waals surface area contributed by atoms with Gasteiger partial charge in [0.1, 0.15) is 6.10 Å². The first-order valence-corrected chi connectivity index (χ1v) is 8.20. The zero-order chi connectivity index (χ0) is 14.1. The van der Waals surface area contributed by atoms with Crippen molar-refractivity contribution in [3.63, 3.8) is 0 Å². The molecule has 2 saturated carbocycles. The van der Waals surface area contributed by atoms with Crippen molar-refractivity contribution in [1.82, 2.24) is 4.90 Å². The van der Waals surface area contributed by atoms with Crippen molar-refractivity contribution in [2.45, 2.75) is 56.8 Å². The fraction of sp³-hybridized carbons (Fsp3) is 0.938. The van der Waals surface area contributed by atoms with Crippen LogP contribution in [-0.4, -0.2) is 51.7 Å². The number of hydrogen-bond acceptors (Lipinski definition) is 4. The van der Waals surface area contributed by atoms with Gasteiger partial charge in [0.25, 0.3) is 0 Å². The van der Waals surface area contributed by atoms with Crippen LogP contribution in [0.3, 0.4) is 0 Å². The zero-order valence-electron chi connectivity index (χ0n) is 12.2. The van der Waals surface area contributed by atoms with Gasteiger partial charge in [-0.15, -0.1) is 0 Å². The number of aliphatic hydroxyl groups excluding tert-OH is 2. The third-order valence-electron chi connectivity index (χ3n) is 6.65. The molecule has 4 nitrogen and oxygen atoms in total. The molecule has 0 unspecified atom stereocenters. The molecule has 112 valence electrons. The van der Waals surface area contributed by atoms with Crippen molar-refractivity contribution in [2.75, 3.05) is 13.1 Å². The number of piperidine rings is 2. The van der Waals surface area contributed by atoms with Crippen molar-refractivity contribution >= 4 is 5.78 Å². The molecule has 0 amide bonds. The highest BCUT2D eigenvalue weighted by atomic mass is 16.3. The SMILES string of the molecule is C[C@@H]1C[C@@H]2[C@H]3[C@@H](O)CCN4CCC[C@H](C(=O)[C@H]2O)[C@@]34C1. The first kappa shape index (κ1) is 13.2. The Bertz CT molecular complexity index is 439. The monoisotopic (exact) mass is 279 g/mol. The summed E-state index contributed by atoms with van der Waals surface area (Å²) >= 11 is 0. The summed E-state index contributed by atoms with van der Waals surface area (Å²) in [6.07, 6.45) is 3.47. The van der Waals surface area contributed by atoms with Crippen LogP contribution in [0.1, 0.15) is 39.0 Å². The molecule has 4 aliphatic rings. The van der Waals surface area contributed by atoms with Crippen LogP contribution in [0.15, 0.2) is 0 Å². The molecule has 2 heterocycles. The molecular formula is C16H25NO3. The molecule has 7 atom stereocenters. The summed E-state index contributed by atoms with van der Waals surface area (Å²) in [7, 11) is 0. The van der Waals surface area contributed by atoms with Crippen molar-refractivity contribution in [1.29, 1.82) is 0 Å². The van der Waals surface area contributed by atoms with Gasteiger partial charge in [-0.2, -0.15) is 0 Å². The zero-order valence-corrected chi connectivity index (χ0v) is 12.2. The Morgan fingerprint density at radius 3 is 2.85 bits per heavy atom. The summed E-state index contributed by atoms with van der Waals surface area (Å²) in [6, 6.07) is 0. The summed E-state index contributed by atoms with van der Waals surface area (Å²) in [5.74, 6) is 0.624. The summed E-state index contributed by atoms with van der Waals surface area (Å²) in [4.78, 5) is 15.2. The highest BCUT2D eigenvalue weighted by molar-refractivity contribution is 5.88. The summed E-state index contributed by atoms with van der Waals surface area (Å²) in [6.45, 7) is 4.21. The summed E-state index contributed by atoms with van der Waals surface area (Å²) < 4.78 is 0. The first-order chi connectivity index (χ1) is 9.55. The van der Waals surface area contributed by atoms with Gasteiger partial charge < -0.3 is 10.2 Å². The van der Waals surface area contributed by atoms with Crippen molar-refractivity contribution in [2.24, 2.45) is 23.7 Å². The van der Waals surface area contributed by atoms with Gasteiger partial charge >= 0.3 is 0 Å². The van der Waals surface area contributed by atoms with Crippen LogP contribution in [0.4, 0.5) is 0 Å². The first-order valence-electron chi connectivity index (χ1n) is 8.20. The second-order valence-electron chi connectivity index (χ2n) is 7.61. The molecule has 2 N–H and O–H groups in total. The average molecular weight is 279 g/mol.